The molecule has 2 aromatic carbocycles. The third kappa shape index (κ3) is 4.11. The third-order valence-electron chi connectivity index (χ3n) is 3.78. The van der Waals surface area contributed by atoms with E-state index in [1.807, 2.05) is 0 Å². The highest BCUT2D eigenvalue weighted by molar-refractivity contribution is 6.49. The fourth-order valence-electron chi connectivity index (χ4n) is 2.37. The van der Waals surface area contributed by atoms with Crippen LogP contribution in [0.1, 0.15) is 11.1 Å². The summed E-state index contributed by atoms with van der Waals surface area (Å²) in [7, 11) is 0. The summed E-state index contributed by atoms with van der Waals surface area (Å²) in [5.74, 6) is -0.705. The SMILES string of the molecule is Nc1ccc(C(=CCl)C(=O)C(=CCl)c2ccc(N)c([N+](=O)[O-])c2)cc1[N+](=O)[O-]. The first-order valence-electron chi connectivity index (χ1n) is 7.45. The zero-order valence-electron chi connectivity index (χ0n) is 14.0. The highest BCUT2D eigenvalue weighted by atomic mass is 35.5. The van der Waals surface area contributed by atoms with Gasteiger partial charge in [-0.05, 0) is 23.3 Å². The Bertz CT molecular complexity index is 968. The molecule has 0 spiro atoms. The lowest BCUT2D eigenvalue weighted by atomic mass is 9.93. The number of ketones is 1. The summed E-state index contributed by atoms with van der Waals surface area (Å²) in [6, 6.07) is 7.48. The van der Waals surface area contributed by atoms with Crippen LogP contribution >= 0.6 is 23.2 Å². The second-order valence-electron chi connectivity index (χ2n) is 5.44. The lowest BCUT2D eigenvalue weighted by Crippen LogP contribution is -2.07. The number of carbonyl (C=O) groups excluding carboxylic acids is 1. The summed E-state index contributed by atoms with van der Waals surface area (Å²) >= 11 is 11.6. The number of allylic oxidation sites excluding steroid dienone is 2. The highest BCUT2D eigenvalue weighted by Gasteiger charge is 2.23. The van der Waals surface area contributed by atoms with Gasteiger partial charge in [-0.3, -0.25) is 25.0 Å². The van der Waals surface area contributed by atoms with Crippen LogP contribution in [0.5, 0.6) is 0 Å². The Morgan fingerprint density at radius 3 is 1.46 bits per heavy atom. The van der Waals surface area contributed by atoms with Gasteiger partial charge in [-0.15, -0.1) is 0 Å². The van der Waals surface area contributed by atoms with Crippen molar-refractivity contribution in [3.63, 3.8) is 0 Å². The molecule has 0 amide bonds. The van der Waals surface area contributed by atoms with Crippen LogP contribution in [0.3, 0.4) is 0 Å². The number of hydrogen-bond acceptors (Lipinski definition) is 7. The normalized spacial score (nSPS) is 11.9. The molecule has 0 fully saturated rings. The first kappa shape index (κ1) is 20.9. The van der Waals surface area contributed by atoms with E-state index < -0.39 is 27.0 Å². The van der Waals surface area contributed by atoms with Gasteiger partial charge in [0.1, 0.15) is 11.4 Å². The van der Waals surface area contributed by atoms with Gasteiger partial charge in [-0.2, -0.15) is 0 Å². The monoisotopic (exact) mass is 422 g/mol. The fourth-order valence-corrected chi connectivity index (χ4v) is 2.82. The maximum absolute atomic E-state index is 12.9. The van der Waals surface area contributed by atoms with E-state index in [4.69, 9.17) is 34.7 Å². The van der Waals surface area contributed by atoms with Gasteiger partial charge in [0.2, 0.25) is 0 Å². The lowest BCUT2D eigenvalue weighted by molar-refractivity contribution is -0.384. The van der Waals surface area contributed by atoms with Crippen LogP contribution < -0.4 is 11.5 Å². The zero-order chi connectivity index (χ0) is 21.0. The summed E-state index contributed by atoms with van der Waals surface area (Å²) in [6.07, 6.45) is 0. The van der Waals surface area contributed by atoms with Crippen LogP contribution in [0.4, 0.5) is 22.7 Å². The molecule has 0 bridgehead atoms. The van der Waals surface area contributed by atoms with E-state index in [2.05, 4.69) is 0 Å². The maximum atomic E-state index is 12.9. The second kappa shape index (κ2) is 8.51. The van der Waals surface area contributed by atoms with E-state index in [0.717, 1.165) is 23.2 Å². The quantitative estimate of drug-likeness (QED) is 0.307. The van der Waals surface area contributed by atoms with E-state index in [0.29, 0.717) is 0 Å². The first-order valence-corrected chi connectivity index (χ1v) is 8.32. The smallest absolute Gasteiger partial charge is 0.292 e. The van der Waals surface area contributed by atoms with Crippen molar-refractivity contribution in [1.82, 2.24) is 0 Å². The molecule has 0 atom stereocenters. The Morgan fingerprint density at radius 2 is 1.18 bits per heavy atom. The Balaban J connectivity index is 2.53. The van der Waals surface area contributed by atoms with Crippen molar-refractivity contribution in [3.8, 4) is 0 Å². The van der Waals surface area contributed by atoms with E-state index in [1.54, 1.807) is 0 Å². The number of nitrogen functional groups attached to an aromatic ring is 2. The molecule has 0 saturated carbocycles. The molecule has 0 heterocycles. The molecular formula is C17H12Cl2N4O5. The average molecular weight is 423 g/mol. The summed E-state index contributed by atoms with van der Waals surface area (Å²) in [5.41, 5.74) is 12.0. The number of nitro benzene ring substituents is 2. The molecule has 0 aliphatic carbocycles. The summed E-state index contributed by atoms with van der Waals surface area (Å²) in [6.45, 7) is 0. The van der Waals surface area contributed by atoms with Crippen LogP contribution in [0.2, 0.25) is 0 Å². The van der Waals surface area contributed by atoms with Gasteiger partial charge in [-0.1, -0.05) is 35.3 Å². The van der Waals surface area contributed by atoms with Gasteiger partial charge < -0.3 is 11.5 Å². The van der Waals surface area contributed by atoms with Gasteiger partial charge in [0.15, 0.2) is 5.78 Å². The van der Waals surface area contributed by atoms with Crippen LogP contribution in [0.25, 0.3) is 11.1 Å². The molecular weight excluding hydrogens is 411 g/mol. The minimum Gasteiger partial charge on any atom is -0.393 e. The first-order chi connectivity index (χ1) is 13.2. The number of nitro groups is 2. The second-order valence-corrected chi connectivity index (χ2v) is 5.87. The van der Waals surface area contributed by atoms with Crippen molar-refractivity contribution >= 4 is 62.9 Å². The predicted molar refractivity (Wildman–Crippen MR) is 108 cm³/mol. The van der Waals surface area contributed by atoms with Crippen molar-refractivity contribution < 1.29 is 14.6 Å². The van der Waals surface area contributed by atoms with E-state index in [-0.39, 0.29) is 33.6 Å². The Morgan fingerprint density at radius 1 is 0.821 bits per heavy atom. The molecule has 0 unspecified atom stereocenters. The lowest BCUT2D eigenvalue weighted by Gasteiger charge is -2.10. The summed E-state index contributed by atoms with van der Waals surface area (Å²) in [5, 5.41) is 22.2. The Kier molecular flexibility index (Phi) is 6.34. The molecule has 28 heavy (non-hydrogen) atoms. The minimum absolute atomic E-state index is 0.0858. The number of hydrogen-bond donors (Lipinski definition) is 2. The number of Topliss-reactive ketones (excluding diaryl/α,β-unsaturated/α-hetero) is 1. The summed E-state index contributed by atoms with van der Waals surface area (Å²) < 4.78 is 0. The molecule has 0 aliphatic heterocycles. The molecule has 144 valence electrons. The number of carbonyl (C=O) groups is 1. The molecule has 0 radical (unpaired) electrons. The van der Waals surface area contributed by atoms with Crippen molar-refractivity contribution in [2.45, 2.75) is 0 Å². The number of halogens is 2. The number of nitrogens with two attached hydrogens (primary N) is 2. The van der Waals surface area contributed by atoms with Crippen molar-refractivity contribution in [2.75, 3.05) is 11.5 Å². The van der Waals surface area contributed by atoms with Crippen molar-refractivity contribution in [3.05, 3.63) is 78.8 Å². The molecule has 11 heteroatoms. The van der Waals surface area contributed by atoms with Gasteiger partial charge in [0.25, 0.3) is 11.4 Å². The van der Waals surface area contributed by atoms with Crippen LogP contribution in [0.15, 0.2) is 47.5 Å². The summed E-state index contributed by atoms with van der Waals surface area (Å²) in [4.78, 5) is 33.7. The number of benzene rings is 2. The zero-order valence-corrected chi connectivity index (χ0v) is 15.5. The third-order valence-corrected chi connectivity index (χ3v) is 4.22. The largest absolute Gasteiger partial charge is 0.393 e. The standard InChI is InChI=1S/C17H12Cl2N4O5/c18-7-11(9-1-3-13(20)15(5-9)22(25)26)17(24)12(8-19)10-2-4-14(21)16(6-10)23(27)28/h1-8H,20-21H2. The Hall–Kier alpha value is -3.43. The average Bonchev–Trinajstić information content (AvgIpc) is 2.65. The van der Waals surface area contributed by atoms with Crippen LogP contribution in [-0.2, 0) is 4.79 Å². The molecule has 0 aromatic heterocycles. The highest BCUT2D eigenvalue weighted by Crippen LogP contribution is 2.33. The van der Waals surface area contributed by atoms with Gasteiger partial charge >= 0.3 is 0 Å². The molecule has 0 saturated heterocycles. The minimum atomic E-state index is -0.705. The number of rotatable bonds is 6. The Labute approximate surface area is 168 Å². The number of anilines is 2. The van der Waals surface area contributed by atoms with Crippen LogP contribution in [0, 0.1) is 20.2 Å². The van der Waals surface area contributed by atoms with E-state index in [1.165, 1.54) is 24.3 Å². The van der Waals surface area contributed by atoms with Crippen molar-refractivity contribution in [2.24, 2.45) is 0 Å². The van der Waals surface area contributed by atoms with Gasteiger partial charge in [0, 0.05) is 34.3 Å². The molecule has 4 N–H and O–H groups in total. The van der Waals surface area contributed by atoms with Gasteiger partial charge in [0.05, 0.1) is 9.85 Å². The molecule has 2 aromatic rings. The predicted octanol–water partition coefficient (Wildman–Crippen LogP) is 4.10. The topological polar surface area (TPSA) is 155 Å². The molecule has 9 nitrogen and oxygen atoms in total. The molecule has 2 rings (SSSR count). The number of nitrogens with zero attached hydrogens (tertiary/aromatic N) is 2. The maximum Gasteiger partial charge on any atom is 0.292 e. The van der Waals surface area contributed by atoms with E-state index in [9.17, 15) is 25.0 Å². The van der Waals surface area contributed by atoms with E-state index >= 15 is 0 Å². The van der Waals surface area contributed by atoms with Gasteiger partial charge in [-0.25, -0.2) is 0 Å². The van der Waals surface area contributed by atoms with Crippen molar-refractivity contribution in [1.29, 1.82) is 0 Å². The molecule has 0 aliphatic rings. The van der Waals surface area contributed by atoms with Crippen LogP contribution in [-0.4, -0.2) is 15.6 Å². The fraction of sp³-hybridized carbons (Fsp3) is 0.